The third kappa shape index (κ3) is 6.37. The van der Waals surface area contributed by atoms with Gasteiger partial charge in [-0.15, -0.1) is 5.10 Å². The van der Waals surface area contributed by atoms with Crippen molar-refractivity contribution in [3.63, 3.8) is 0 Å². The number of hydrogen-bond acceptors (Lipinski definition) is 9. The van der Waals surface area contributed by atoms with E-state index < -0.39 is 37.3 Å². The van der Waals surface area contributed by atoms with Gasteiger partial charge in [0, 0.05) is 23.6 Å². The first-order valence-corrected chi connectivity index (χ1v) is 14.3. The number of aliphatic hydroxyl groups excluding tert-OH is 4. The highest BCUT2D eigenvalue weighted by molar-refractivity contribution is 5.68. The Morgan fingerprint density at radius 2 is 1.56 bits per heavy atom. The summed E-state index contributed by atoms with van der Waals surface area (Å²) in [7, 11) is 1.62. The van der Waals surface area contributed by atoms with Gasteiger partial charge in [0.1, 0.15) is 35.9 Å². The molecule has 1 saturated heterocycles. The number of aliphatic hydroxyl groups is 4. The van der Waals surface area contributed by atoms with Gasteiger partial charge in [0.15, 0.2) is 0 Å². The molecule has 10 nitrogen and oxygen atoms in total. The van der Waals surface area contributed by atoms with Gasteiger partial charge in [-0.25, -0.2) is 0 Å². The zero-order valence-corrected chi connectivity index (χ0v) is 23.7. The van der Waals surface area contributed by atoms with E-state index in [1.165, 1.54) is 12.8 Å². The summed E-state index contributed by atoms with van der Waals surface area (Å²) in [6.45, 7) is 3.48. The van der Waals surface area contributed by atoms with Gasteiger partial charge in [-0.05, 0) is 81.5 Å². The average molecular weight is 569 g/mol. The van der Waals surface area contributed by atoms with E-state index in [2.05, 4.69) is 0 Å². The average Bonchev–Trinajstić information content (AvgIpc) is 3.62. The van der Waals surface area contributed by atoms with Gasteiger partial charge in [0.25, 0.3) is 0 Å². The molecule has 2 heterocycles. The molecular formula is C31H40N2O8. The predicted octanol–water partition coefficient (Wildman–Crippen LogP) is 3.23. The lowest BCUT2D eigenvalue weighted by Gasteiger charge is -2.39. The Labute approximate surface area is 240 Å². The minimum Gasteiger partial charge on any atom is -0.497 e. The lowest BCUT2D eigenvalue weighted by Crippen LogP contribution is -2.60. The molecule has 1 aromatic heterocycles. The van der Waals surface area contributed by atoms with Crippen LogP contribution in [0.2, 0.25) is 0 Å². The van der Waals surface area contributed by atoms with Gasteiger partial charge in [0.2, 0.25) is 12.2 Å². The molecule has 1 saturated carbocycles. The molecule has 3 aromatic rings. The predicted molar refractivity (Wildman–Crippen MR) is 151 cm³/mol. The van der Waals surface area contributed by atoms with E-state index in [9.17, 15) is 20.4 Å². The minimum atomic E-state index is -1.56. The number of rotatable bonds is 10. The van der Waals surface area contributed by atoms with E-state index in [1.54, 1.807) is 7.11 Å². The van der Waals surface area contributed by atoms with Crippen LogP contribution in [-0.2, 0) is 11.2 Å². The molecule has 5 atom stereocenters. The number of hydrogen-bond donors (Lipinski definition) is 4. The molecule has 41 heavy (non-hydrogen) atoms. The Morgan fingerprint density at radius 3 is 2.17 bits per heavy atom. The highest BCUT2D eigenvalue weighted by Gasteiger charge is 2.45. The Bertz CT molecular complexity index is 1270. The molecule has 0 bridgehead atoms. The number of benzene rings is 2. The Hall–Kier alpha value is -3.15. The summed E-state index contributed by atoms with van der Waals surface area (Å²) < 4.78 is 25.2. The van der Waals surface area contributed by atoms with Crippen LogP contribution in [0.1, 0.15) is 56.7 Å². The second kappa shape index (κ2) is 12.8. The normalized spacial score (nSPS) is 25.0. The van der Waals surface area contributed by atoms with Gasteiger partial charge < -0.3 is 39.4 Å². The van der Waals surface area contributed by atoms with Crippen molar-refractivity contribution in [3.8, 4) is 28.6 Å². The highest BCUT2D eigenvalue weighted by atomic mass is 16.7. The van der Waals surface area contributed by atoms with Gasteiger partial charge in [0.05, 0.1) is 25.5 Å². The summed E-state index contributed by atoms with van der Waals surface area (Å²) in [6.07, 6.45) is -1.80. The number of methoxy groups -OCH3 is 1. The van der Waals surface area contributed by atoms with E-state index in [0.717, 1.165) is 46.7 Å². The quantitative estimate of drug-likeness (QED) is 0.291. The van der Waals surface area contributed by atoms with Gasteiger partial charge in [-0.2, -0.15) is 0 Å². The molecule has 0 unspecified atom stereocenters. The Balaban J connectivity index is 1.53. The minimum absolute atomic E-state index is 0.0406. The first-order chi connectivity index (χ1) is 19.8. The highest BCUT2D eigenvalue weighted by Crippen LogP contribution is 2.37. The maximum atomic E-state index is 10.7. The summed E-state index contributed by atoms with van der Waals surface area (Å²) in [4.78, 5) is 0. The van der Waals surface area contributed by atoms with Crippen molar-refractivity contribution >= 4 is 0 Å². The molecule has 0 amide bonds. The van der Waals surface area contributed by atoms with Crippen molar-refractivity contribution in [1.29, 1.82) is 0 Å². The summed E-state index contributed by atoms with van der Waals surface area (Å²) in [5, 5.41) is 45.7. The van der Waals surface area contributed by atoms with Crippen molar-refractivity contribution < 1.29 is 39.4 Å². The maximum absolute atomic E-state index is 10.7. The van der Waals surface area contributed by atoms with Gasteiger partial charge in [-0.3, -0.25) is 4.68 Å². The summed E-state index contributed by atoms with van der Waals surface area (Å²) in [6, 6.07) is 15.6. The first-order valence-electron chi connectivity index (χ1n) is 14.3. The van der Waals surface area contributed by atoms with Crippen LogP contribution >= 0.6 is 0 Å². The van der Waals surface area contributed by atoms with Gasteiger partial charge in [-0.1, -0.05) is 12.1 Å². The zero-order valence-electron chi connectivity index (χ0n) is 23.7. The van der Waals surface area contributed by atoms with E-state index in [4.69, 9.17) is 24.0 Å². The van der Waals surface area contributed by atoms with Crippen molar-refractivity contribution in [2.45, 2.75) is 88.8 Å². The second-order valence-corrected chi connectivity index (χ2v) is 11.1. The van der Waals surface area contributed by atoms with Crippen LogP contribution in [0.15, 0.2) is 48.5 Å². The molecule has 1 aliphatic heterocycles. The molecule has 222 valence electrons. The van der Waals surface area contributed by atoms with Crippen LogP contribution in [0, 0.1) is 0 Å². The SMILES string of the molecule is COc1ccc(Cc2c(O[C@@H]3O[C@H](CO)[C@@H](O)[C@H](O)[C@H]3O)nn(C(C)C)c2-c2ccc(OC3CCCC3)cc2)cc1. The molecule has 10 heteroatoms. The Kier molecular flexibility index (Phi) is 9.16. The van der Waals surface area contributed by atoms with E-state index >= 15 is 0 Å². The molecular weight excluding hydrogens is 528 g/mol. The number of nitrogens with zero attached hydrogens (tertiary/aromatic N) is 2. The van der Waals surface area contributed by atoms with Crippen LogP contribution in [0.5, 0.6) is 17.4 Å². The lowest BCUT2D eigenvalue weighted by molar-refractivity contribution is -0.278. The molecule has 2 aliphatic rings. The molecule has 0 radical (unpaired) electrons. The maximum Gasteiger partial charge on any atom is 0.239 e. The smallest absolute Gasteiger partial charge is 0.239 e. The van der Waals surface area contributed by atoms with Crippen LogP contribution in [-0.4, -0.2) is 80.7 Å². The van der Waals surface area contributed by atoms with Crippen LogP contribution in [0.25, 0.3) is 11.3 Å². The molecule has 2 aromatic carbocycles. The van der Waals surface area contributed by atoms with Crippen molar-refractivity contribution in [2.75, 3.05) is 13.7 Å². The summed E-state index contributed by atoms with van der Waals surface area (Å²) >= 11 is 0. The third-order valence-corrected chi connectivity index (χ3v) is 7.81. The van der Waals surface area contributed by atoms with E-state index in [0.29, 0.717) is 6.42 Å². The van der Waals surface area contributed by atoms with Crippen molar-refractivity contribution in [1.82, 2.24) is 9.78 Å². The van der Waals surface area contributed by atoms with E-state index in [-0.39, 0.29) is 18.0 Å². The second-order valence-electron chi connectivity index (χ2n) is 11.1. The zero-order chi connectivity index (χ0) is 29.1. The number of aromatic nitrogens is 2. The third-order valence-electron chi connectivity index (χ3n) is 7.81. The fraction of sp³-hybridized carbons (Fsp3) is 0.516. The molecule has 2 fully saturated rings. The van der Waals surface area contributed by atoms with Crippen molar-refractivity contribution in [3.05, 3.63) is 59.7 Å². The van der Waals surface area contributed by atoms with E-state index in [1.807, 2.05) is 67.1 Å². The lowest BCUT2D eigenvalue weighted by atomic mass is 9.99. The fourth-order valence-electron chi connectivity index (χ4n) is 5.49. The Morgan fingerprint density at radius 1 is 0.902 bits per heavy atom. The first kappa shape index (κ1) is 29.3. The molecule has 4 N–H and O–H groups in total. The monoisotopic (exact) mass is 568 g/mol. The number of ether oxygens (including phenoxy) is 4. The largest absolute Gasteiger partial charge is 0.497 e. The van der Waals surface area contributed by atoms with Crippen LogP contribution in [0.3, 0.4) is 0 Å². The van der Waals surface area contributed by atoms with Gasteiger partial charge >= 0.3 is 0 Å². The van der Waals surface area contributed by atoms with Crippen LogP contribution < -0.4 is 14.2 Å². The van der Waals surface area contributed by atoms with Crippen molar-refractivity contribution in [2.24, 2.45) is 0 Å². The topological polar surface area (TPSA) is 136 Å². The standard InChI is InChI=1S/C31H40N2O8/c1-18(2)33-26(20-10-14-23(15-11-20)39-22-6-4-5-7-22)24(16-19-8-12-21(38-3)13-9-19)30(32-33)41-31-29(37)28(36)27(35)25(17-34)40-31/h8-15,18,22,25,27-29,31,34-37H,4-7,16-17H2,1-3H3/t25-,27-,28+,29-,31+/m1/s1. The summed E-state index contributed by atoms with van der Waals surface area (Å²) in [5.41, 5.74) is 3.49. The fourth-order valence-corrected chi connectivity index (χ4v) is 5.49. The molecule has 1 aliphatic carbocycles. The molecule has 5 rings (SSSR count). The summed E-state index contributed by atoms with van der Waals surface area (Å²) in [5.74, 6) is 1.79. The molecule has 0 spiro atoms. The van der Waals surface area contributed by atoms with Crippen LogP contribution in [0.4, 0.5) is 0 Å².